The normalized spacial score (nSPS) is 18.7. The Bertz CT molecular complexity index is 350. The summed E-state index contributed by atoms with van der Waals surface area (Å²) in [6.45, 7) is 6.45. The van der Waals surface area contributed by atoms with Gasteiger partial charge in [0.25, 0.3) is 0 Å². The third-order valence-corrected chi connectivity index (χ3v) is 3.21. The lowest BCUT2D eigenvalue weighted by Crippen LogP contribution is -2.11. The molecule has 1 aliphatic carbocycles. The average molecular weight is 176 g/mol. The Labute approximate surface area is 79.4 Å². The highest BCUT2D eigenvalue weighted by Gasteiger charge is 2.31. The molecule has 1 aromatic rings. The van der Waals surface area contributed by atoms with Gasteiger partial charge in [0.05, 0.1) is 0 Å². The van der Waals surface area contributed by atoms with E-state index in [9.17, 15) is 5.11 Å². The van der Waals surface area contributed by atoms with Crippen LogP contribution >= 0.6 is 0 Å². The van der Waals surface area contributed by atoms with E-state index in [0.29, 0.717) is 5.75 Å². The van der Waals surface area contributed by atoms with Crippen molar-refractivity contribution in [2.24, 2.45) is 0 Å². The number of benzene rings is 1. The van der Waals surface area contributed by atoms with Crippen LogP contribution < -0.4 is 0 Å². The van der Waals surface area contributed by atoms with Gasteiger partial charge in [-0.1, -0.05) is 26.0 Å². The third kappa shape index (κ3) is 1.14. The van der Waals surface area contributed by atoms with Gasteiger partial charge in [-0.25, -0.2) is 0 Å². The molecular formula is C12H16O. The quantitative estimate of drug-likeness (QED) is 0.644. The van der Waals surface area contributed by atoms with Gasteiger partial charge < -0.3 is 5.11 Å². The maximum absolute atomic E-state index is 9.85. The van der Waals surface area contributed by atoms with Gasteiger partial charge in [0.15, 0.2) is 0 Å². The highest BCUT2D eigenvalue weighted by Crippen LogP contribution is 2.42. The van der Waals surface area contributed by atoms with E-state index < -0.39 is 0 Å². The van der Waals surface area contributed by atoms with E-state index in [1.807, 2.05) is 13.0 Å². The topological polar surface area (TPSA) is 20.2 Å². The molecule has 0 saturated carbocycles. The molecule has 1 aromatic carbocycles. The highest BCUT2D eigenvalue weighted by molar-refractivity contribution is 5.50. The van der Waals surface area contributed by atoms with Crippen molar-refractivity contribution < 1.29 is 5.11 Å². The zero-order valence-electron chi connectivity index (χ0n) is 8.52. The number of hydrogen-bond donors (Lipinski definition) is 1. The minimum absolute atomic E-state index is 0.251. The molecule has 0 heterocycles. The molecule has 0 saturated heterocycles. The predicted octanol–water partition coefficient (Wildman–Crippen LogP) is 2.92. The van der Waals surface area contributed by atoms with Gasteiger partial charge in [-0.3, -0.25) is 0 Å². The maximum Gasteiger partial charge on any atom is 0.121 e. The second-order valence-corrected chi connectivity index (χ2v) is 4.64. The van der Waals surface area contributed by atoms with Crippen molar-refractivity contribution in [2.75, 3.05) is 0 Å². The summed E-state index contributed by atoms with van der Waals surface area (Å²) in [4.78, 5) is 0. The fourth-order valence-corrected chi connectivity index (χ4v) is 2.21. The summed E-state index contributed by atoms with van der Waals surface area (Å²) in [6, 6.07) is 4.18. The zero-order chi connectivity index (χ0) is 9.64. The molecule has 0 amide bonds. The first-order valence-electron chi connectivity index (χ1n) is 4.84. The molecule has 1 aliphatic rings. The van der Waals surface area contributed by atoms with Gasteiger partial charge in [0.2, 0.25) is 0 Å². The second-order valence-electron chi connectivity index (χ2n) is 4.64. The van der Waals surface area contributed by atoms with Crippen LogP contribution in [0.25, 0.3) is 0 Å². The summed E-state index contributed by atoms with van der Waals surface area (Å²) < 4.78 is 0. The van der Waals surface area contributed by atoms with Crippen molar-refractivity contribution in [1.29, 1.82) is 0 Å². The summed E-state index contributed by atoms with van der Waals surface area (Å²) in [5, 5.41) is 9.85. The summed E-state index contributed by atoms with van der Waals surface area (Å²) in [7, 11) is 0. The molecule has 1 N–H and O–H groups in total. The number of rotatable bonds is 0. The summed E-state index contributed by atoms with van der Waals surface area (Å²) >= 11 is 0. The molecule has 0 aliphatic heterocycles. The third-order valence-electron chi connectivity index (χ3n) is 3.21. The number of hydrogen-bond acceptors (Lipinski definition) is 1. The highest BCUT2D eigenvalue weighted by atomic mass is 16.3. The molecule has 0 spiro atoms. The number of aromatic hydroxyl groups is 1. The smallest absolute Gasteiger partial charge is 0.121 e. The summed E-state index contributed by atoms with van der Waals surface area (Å²) in [5.41, 5.74) is 3.75. The minimum Gasteiger partial charge on any atom is -0.507 e. The molecule has 0 fully saturated rings. The van der Waals surface area contributed by atoms with Crippen LogP contribution in [0.4, 0.5) is 0 Å². The lowest BCUT2D eigenvalue weighted by atomic mass is 9.86. The SMILES string of the molecule is Cc1ccc2c(c1O)CCC2(C)C. The van der Waals surface area contributed by atoms with Gasteiger partial charge in [0, 0.05) is 0 Å². The van der Waals surface area contributed by atoms with Crippen LogP contribution in [0.1, 0.15) is 37.0 Å². The zero-order valence-corrected chi connectivity index (χ0v) is 8.52. The Morgan fingerprint density at radius 2 is 2.00 bits per heavy atom. The Hall–Kier alpha value is -0.980. The lowest BCUT2D eigenvalue weighted by Gasteiger charge is -2.19. The lowest BCUT2D eigenvalue weighted by molar-refractivity contribution is 0.465. The Morgan fingerprint density at radius 3 is 2.69 bits per heavy atom. The molecule has 0 atom stereocenters. The van der Waals surface area contributed by atoms with Crippen molar-refractivity contribution in [3.05, 3.63) is 28.8 Å². The standard InChI is InChI=1S/C12H16O/c1-8-4-5-10-9(11(8)13)6-7-12(10,2)3/h4-5,13H,6-7H2,1-3H3. The van der Waals surface area contributed by atoms with Crippen LogP contribution in [0.15, 0.2) is 12.1 Å². The maximum atomic E-state index is 9.85. The Kier molecular flexibility index (Phi) is 1.66. The molecule has 1 heteroatoms. The van der Waals surface area contributed by atoms with Crippen LogP contribution in [-0.2, 0) is 11.8 Å². The number of phenols is 1. The molecular weight excluding hydrogens is 160 g/mol. The van der Waals surface area contributed by atoms with Crippen molar-refractivity contribution in [3.8, 4) is 5.75 Å². The molecule has 0 aromatic heterocycles. The van der Waals surface area contributed by atoms with Crippen LogP contribution in [-0.4, -0.2) is 5.11 Å². The van der Waals surface area contributed by atoms with Gasteiger partial charge in [0.1, 0.15) is 5.75 Å². The number of aryl methyl sites for hydroxylation is 1. The summed E-state index contributed by atoms with van der Waals surface area (Å²) in [6.07, 6.45) is 2.18. The van der Waals surface area contributed by atoms with E-state index >= 15 is 0 Å². The van der Waals surface area contributed by atoms with E-state index in [1.54, 1.807) is 0 Å². The van der Waals surface area contributed by atoms with E-state index in [4.69, 9.17) is 0 Å². The van der Waals surface area contributed by atoms with Gasteiger partial charge in [-0.05, 0) is 41.9 Å². The van der Waals surface area contributed by atoms with Crippen molar-refractivity contribution >= 4 is 0 Å². The Morgan fingerprint density at radius 1 is 1.31 bits per heavy atom. The van der Waals surface area contributed by atoms with Gasteiger partial charge in [-0.2, -0.15) is 0 Å². The van der Waals surface area contributed by atoms with E-state index in [1.165, 1.54) is 11.1 Å². The van der Waals surface area contributed by atoms with Gasteiger partial charge >= 0.3 is 0 Å². The van der Waals surface area contributed by atoms with Crippen molar-refractivity contribution in [3.63, 3.8) is 0 Å². The van der Waals surface area contributed by atoms with Crippen LogP contribution in [0.5, 0.6) is 5.75 Å². The second kappa shape index (κ2) is 2.50. The monoisotopic (exact) mass is 176 g/mol. The molecule has 1 nitrogen and oxygen atoms in total. The van der Waals surface area contributed by atoms with Gasteiger partial charge in [-0.15, -0.1) is 0 Å². The number of phenolic OH excluding ortho intramolecular Hbond substituents is 1. The van der Waals surface area contributed by atoms with Crippen LogP contribution in [0, 0.1) is 6.92 Å². The first-order chi connectivity index (χ1) is 6.02. The molecule has 2 rings (SSSR count). The largest absolute Gasteiger partial charge is 0.507 e. The predicted molar refractivity (Wildman–Crippen MR) is 54.2 cm³/mol. The molecule has 0 radical (unpaired) electrons. The molecule has 0 bridgehead atoms. The Balaban J connectivity index is 2.64. The van der Waals surface area contributed by atoms with Crippen LogP contribution in [0.3, 0.4) is 0 Å². The number of fused-ring (bicyclic) bond motifs is 1. The average Bonchev–Trinajstić information content (AvgIpc) is 2.35. The first kappa shape index (κ1) is 8.61. The molecule has 13 heavy (non-hydrogen) atoms. The molecule has 70 valence electrons. The fraction of sp³-hybridized carbons (Fsp3) is 0.500. The van der Waals surface area contributed by atoms with E-state index in [2.05, 4.69) is 19.9 Å². The first-order valence-corrected chi connectivity index (χ1v) is 4.84. The molecule has 0 unspecified atom stereocenters. The van der Waals surface area contributed by atoms with E-state index in [0.717, 1.165) is 18.4 Å². The van der Waals surface area contributed by atoms with Crippen molar-refractivity contribution in [2.45, 2.75) is 39.0 Å². The minimum atomic E-state index is 0.251. The summed E-state index contributed by atoms with van der Waals surface area (Å²) in [5.74, 6) is 0.517. The van der Waals surface area contributed by atoms with Crippen LogP contribution in [0.2, 0.25) is 0 Å². The fourth-order valence-electron chi connectivity index (χ4n) is 2.21. The van der Waals surface area contributed by atoms with E-state index in [-0.39, 0.29) is 5.41 Å². The van der Waals surface area contributed by atoms with Crippen molar-refractivity contribution in [1.82, 2.24) is 0 Å².